The maximum Gasteiger partial charge on any atom is 0.220 e. The molecule has 2 nitrogen and oxygen atoms in total. The average molecular weight is 235 g/mol. The van der Waals surface area contributed by atoms with Gasteiger partial charge >= 0.3 is 0 Å². The monoisotopic (exact) mass is 235 g/mol. The van der Waals surface area contributed by atoms with E-state index < -0.39 is 0 Å². The van der Waals surface area contributed by atoms with E-state index in [-0.39, 0.29) is 5.91 Å². The Morgan fingerprint density at radius 1 is 1.35 bits per heavy atom. The van der Waals surface area contributed by atoms with Gasteiger partial charge in [-0.3, -0.25) is 4.79 Å². The number of nitrogens with one attached hydrogen (secondary N) is 1. The van der Waals surface area contributed by atoms with Gasteiger partial charge in [0, 0.05) is 13.0 Å². The molecule has 0 aromatic heterocycles. The zero-order chi connectivity index (χ0) is 12.3. The standard InChI is InChI=1S/C15H25NO/c1-2-3-4-8-11-15(17)16-13-12-14-9-6-5-7-10-14/h5-6,9H,2-4,7-8,10-13H2,1H3,(H,16,17). The molecular formula is C15H25NO. The normalized spacial score (nSPS) is 14.5. The topological polar surface area (TPSA) is 29.1 Å². The molecule has 17 heavy (non-hydrogen) atoms. The van der Waals surface area contributed by atoms with Gasteiger partial charge in [-0.1, -0.05) is 50.0 Å². The highest BCUT2D eigenvalue weighted by Crippen LogP contribution is 2.14. The fraction of sp³-hybridized carbons (Fsp3) is 0.667. The summed E-state index contributed by atoms with van der Waals surface area (Å²) in [6.45, 7) is 2.98. The van der Waals surface area contributed by atoms with Gasteiger partial charge in [0.1, 0.15) is 0 Å². The number of carbonyl (C=O) groups is 1. The molecule has 0 spiro atoms. The van der Waals surface area contributed by atoms with E-state index >= 15 is 0 Å². The van der Waals surface area contributed by atoms with Crippen LogP contribution in [-0.4, -0.2) is 12.5 Å². The molecule has 96 valence electrons. The van der Waals surface area contributed by atoms with Crippen LogP contribution in [0.2, 0.25) is 0 Å². The minimum Gasteiger partial charge on any atom is -0.356 e. The van der Waals surface area contributed by atoms with Crippen LogP contribution in [0.4, 0.5) is 0 Å². The summed E-state index contributed by atoms with van der Waals surface area (Å²) in [5.41, 5.74) is 1.46. The lowest BCUT2D eigenvalue weighted by Crippen LogP contribution is -2.24. The number of allylic oxidation sites excluding steroid dienone is 3. The van der Waals surface area contributed by atoms with E-state index in [2.05, 4.69) is 30.5 Å². The highest BCUT2D eigenvalue weighted by atomic mass is 16.1. The predicted octanol–water partition coefficient (Wildman–Crippen LogP) is 3.74. The lowest BCUT2D eigenvalue weighted by Gasteiger charge is -2.09. The Morgan fingerprint density at radius 3 is 2.94 bits per heavy atom. The van der Waals surface area contributed by atoms with Crippen LogP contribution in [-0.2, 0) is 4.79 Å². The van der Waals surface area contributed by atoms with E-state index in [0.717, 1.165) is 32.2 Å². The van der Waals surface area contributed by atoms with Crippen molar-refractivity contribution in [2.75, 3.05) is 6.54 Å². The first-order valence-electron chi connectivity index (χ1n) is 6.94. The highest BCUT2D eigenvalue weighted by Gasteiger charge is 2.02. The van der Waals surface area contributed by atoms with Crippen LogP contribution >= 0.6 is 0 Å². The Morgan fingerprint density at radius 2 is 2.24 bits per heavy atom. The molecule has 0 saturated heterocycles. The molecular weight excluding hydrogens is 210 g/mol. The van der Waals surface area contributed by atoms with Gasteiger partial charge in [-0.25, -0.2) is 0 Å². The van der Waals surface area contributed by atoms with Crippen molar-refractivity contribution in [1.29, 1.82) is 0 Å². The molecule has 0 atom stereocenters. The third-order valence-electron chi connectivity index (χ3n) is 3.13. The minimum absolute atomic E-state index is 0.216. The summed E-state index contributed by atoms with van der Waals surface area (Å²) in [6, 6.07) is 0. The number of amides is 1. The molecule has 0 bridgehead atoms. The summed E-state index contributed by atoms with van der Waals surface area (Å²) in [5, 5.41) is 3.00. The van der Waals surface area contributed by atoms with Crippen molar-refractivity contribution < 1.29 is 4.79 Å². The lowest BCUT2D eigenvalue weighted by atomic mass is 10.0. The van der Waals surface area contributed by atoms with Crippen LogP contribution in [0.1, 0.15) is 58.3 Å². The summed E-state index contributed by atoms with van der Waals surface area (Å²) < 4.78 is 0. The van der Waals surface area contributed by atoms with E-state index in [4.69, 9.17) is 0 Å². The van der Waals surface area contributed by atoms with Gasteiger partial charge in [0.15, 0.2) is 0 Å². The largest absolute Gasteiger partial charge is 0.356 e. The lowest BCUT2D eigenvalue weighted by molar-refractivity contribution is -0.121. The van der Waals surface area contributed by atoms with Crippen LogP contribution in [0.25, 0.3) is 0 Å². The predicted molar refractivity (Wildman–Crippen MR) is 72.8 cm³/mol. The fourth-order valence-corrected chi connectivity index (χ4v) is 2.02. The summed E-state index contributed by atoms with van der Waals surface area (Å²) in [6.07, 6.45) is 15.2. The second kappa shape index (κ2) is 9.03. The molecule has 1 aliphatic rings. The first-order valence-corrected chi connectivity index (χ1v) is 6.94. The van der Waals surface area contributed by atoms with Gasteiger partial charge < -0.3 is 5.32 Å². The van der Waals surface area contributed by atoms with Crippen LogP contribution in [0.5, 0.6) is 0 Å². The highest BCUT2D eigenvalue weighted by molar-refractivity contribution is 5.75. The molecule has 1 N–H and O–H groups in total. The van der Waals surface area contributed by atoms with Crippen LogP contribution in [0, 0.1) is 0 Å². The summed E-state index contributed by atoms with van der Waals surface area (Å²) in [7, 11) is 0. The zero-order valence-electron chi connectivity index (χ0n) is 11.0. The van der Waals surface area contributed by atoms with Gasteiger partial charge in [0.05, 0.1) is 0 Å². The molecule has 0 aromatic rings. The summed E-state index contributed by atoms with van der Waals surface area (Å²) >= 11 is 0. The van der Waals surface area contributed by atoms with Crippen molar-refractivity contribution in [1.82, 2.24) is 5.32 Å². The van der Waals surface area contributed by atoms with Crippen molar-refractivity contribution in [3.63, 3.8) is 0 Å². The van der Waals surface area contributed by atoms with E-state index in [1.54, 1.807) is 0 Å². The number of carbonyl (C=O) groups excluding carboxylic acids is 1. The molecule has 0 unspecified atom stereocenters. The molecule has 0 fully saturated rings. The number of hydrogen-bond donors (Lipinski definition) is 1. The van der Waals surface area contributed by atoms with Crippen LogP contribution < -0.4 is 5.32 Å². The zero-order valence-corrected chi connectivity index (χ0v) is 11.0. The third-order valence-corrected chi connectivity index (χ3v) is 3.13. The van der Waals surface area contributed by atoms with Gasteiger partial charge in [0.2, 0.25) is 5.91 Å². The van der Waals surface area contributed by atoms with Crippen LogP contribution in [0.15, 0.2) is 23.8 Å². The van der Waals surface area contributed by atoms with Crippen molar-refractivity contribution >= 4 is 5.91 Å². The number of hydrogen-bond acceptors (Lipinski definition) is 1. The molecule has 0 aromatic carbocycles. The first kappa shape index (κ1) is 14.0. The van der Waals surface area contributed by atoms with Gasteiger partial charge in [-0.05, 0) is 25.7 Å². The average Bonchev–Trinajstić information content (AvgIpc) is 2.36. The van der Waals surface area contributed by atoms with Gasteiger partial charge in [-0.15, -0.1) is 0 Å². The third kappa shape index (κ3) is 6.98. The second-order valence-electron chi connectivity index (χ2n) is 4.70. The molecule has 0 radical (unpaired) electrons. The first-order chi connectivity index (χ1) is 8.33. The second-order valence-corrected chi connectivity index (χ2v) is 4.70. The van der Waals surface area contributed by atoms with E-state index in [1.807, 2.05) is 0 Å². The summed E-state index contributed by atoms with van der Waals surface area (Å²) in [5.74, 6) is 0.216. The van der Waals surface area contributed by atoms with Crippen molar-refractivity contribution in [3.8, 4) is 0 Å². The number of unbranched alkanes of at least 4 members (excludes halogenated alkanes) is 3. The van der Waals surface area contributed by atoms with Gasteiger partial charge in [-0.2, -0.15) is 0 Å². The van der Waals surface area contributed by atoms with Crippen LogP contribution in [0.3, 0.4) is 0 Å². The Balaban J connectivity index is 2.00. The molecule has 1 aliphatic carbocycles. The Bertz CT molecular complexity index is 279. The van der Waals surface area contributed by atoms with E-state index in [1.165, 1.54) is 24.8 Å². The molecule has 0 aliphatic heterocycles. The number of rotatable bonds is 8. The molecule has 1 amide bonds. The van der Waals surface area contributed by atoms with E-state index in [0.29, 0.717) is 6.42 Å². The van der Waals surface area contributed by atoms with Crippen molar-refractivity contribution in [3.05, 3.63) is 23.8 Å². The maximum absolute atomic E-state index is 11.5. The fourth-order valence-electron chi connectivity index (χ4n) is 2.02. The van der Waals surface area contributed by atoms with Crippen molar-refractivity contribution in [2.24, 2.45) is 0 Å². The smallest absolute Gasteiger partial charge is 0.220 e. The molecule has 2 heteroatoms. The Labute approximate surface area is 105 Å². The van der Waals surface area contributed by atoms with Gasteiger partial charge in [0.25, 0.3) is 0 Å². The molecule has 0 heterocycles. The minimum atomic E-state index is 0.216. The molecule has 1 rings (SSSR count). The Kier molecular flexibility index (Phi) is 7.44. The van der Waals surface area contributed by atoms with Crippen molar-refractivity contribution in [2.45, 2.75) is 58.3 Å². The quantitative estimate of drug-likeness (QED) is 0.638. The van der Waals surface area contributed by atoms with E-state index in [9.17, 15) is 4.79 Å². The SMILES string of the molecule is CCCCCCC(=O)NCCC1=CC=CCC1. The molecule has 0 saturated carbocycles. The maximum atomic E-state index is 11.5. The Hall–Kier alpha value is -1.05. The summed E-state index contributed by atoms with van der Waals surface area (Å²) in [4.78, 5) is 11.5.